The molecule has 29 heavy (non-hydrogen) atoms. The summed E-state index contributed by atoms with van der Waals surface area (Å²) in [6.07, 6.45) is 6.35. The Balaban J connectivity index is 1.58. The van der Waals surface area contributed by atoms with Crippen LogP contribution in [-0.4, -0.2) is 52.0 Å². The van der Waals surface area contributed by atoms with Crippen molar-refractivity contribution in [1.29, 1.82) is 0 Å². The summed E-state index contributed by atoms with van der Waals surface area (Å²) in [5, 5.41) is 19.4. The van der Waals surface area contributed by atoms with E-state index in [1.165, 1.54) is 6.33 Å². The van der Waals surface area contributed by atoms with E-state index in [4.69, 9.17) is 0 Å². The van der Waals surface area contributed by atoms with E-state index in [1.54, 1.807) is 30.2 Å². The van der Waals surface area contributed by atoms with Crippen molar-refractivity contribution >= 4 is 5.91 Å². The second-order valence-corrected chi connectivity index (χ2v) is 7.28. The molecule has 0 bridgehead atoms. The van der Waals surface area contributed by atoms with E-state index in [1.807, 2.05) is 15.6 Å². The molecule has 4 heterocycles. The molecule has 0 aliphatic carbocycles. The van der Waals surface area contributed by atoms with Crippen LogP contribution in [0.25, 0.3) is 0 Å². The molecule has 4 rings (SSSR count). The maximum Gasteiger partial charge on any atom is 0.257 e. The normalized spacial score (nSPS) is 15.1. The summed E-state index contributed by atoms with van der Waals surface area (Å²) < 4.78 is 3.52. The van der Waals surface area contributed by atoms with Crippen LogP contribution in [0.3, 0.4) is 0 Å². The lowest BCUT2D eigenvalue weighted by Gasteiger charge is -2.21. The third-order valence-electron chi connectivity index (χ3n) is 5.25. The number of aliphatic hydroxyl groups is 1. The Bertz CT molecular complexity index is 1010. The lowest BCUT2D eigenvalue weighted by molar-refractivity contribution is 0.0743. The van der Waals surface area contributed by atoms with Crippen LogP contribution in [-0.2, 0) is 26.6 Å². The summed E-state index contributed by atoms with van der Waals surface area (Å²) in [4.78, 5) is 23.4. The van der Waals surface area contributed by atoms with Gasteiger partial charge in [0.05, 0.1) is 34.9 Å². The maximum absolute atomic E-state index is 13.2. The highest BCUT2D eigenvalue weighted by Crippen LogP contribution is 2.24. The molecule has 0 saturated heterocycles. The first-order chi connectivity index (χ1) is 14.1. The van der Waals surface area contributed by atoms with E-state index in [9.17, 15) is 9.90 Å². The summed E-state index contributed by atoms with van der Waals surface area (Å²) in [6, 6.07) is 3.65. The van der Waals surface area contributed by atoms with Gasteiger partial charge in [-0.1, -0.05) is 13.3 Å². The second kappa shape index (κ2) is 8.12. The topological polar surface area (TPSA) is 102 Å². The first kappa shape index (κ1) is 19.3. The molecule has 1 N–H and O–H groups in total. The second-order valence-electron chi connectivity index (χ2n) is 7.28. The van der Waals surface area contributed by atoms with E-state index in [0.717, 1.165) is 30.7 Å². The number of carbonyl (C=O) groups is 1. The lowest BCUT2D eigenvalue weighted by Crippen LogP contribution is -2.31. The third-order valence-corrected chi connectivity index (χ3v) is 5.25. The van der Waals surface area contributed by atoms with E-state index in [0.29, 0.717) is 36.6 Å². The molecule has 0 fully saturated rings. The highest BCUT2D eigenvalue weighted by Gasteiger charge is 2.26. The number of aryl methyl sites for hydroxylation is 3. The van der Waals surface area contributed by atoms with Gasteiger partial charge in [0.1, 0.15) is 12.4 Å². The van der Waals surface area contributed by atoms with Gasteiger partial charge in [0.25, 0.3) is 5.91 Å². The number of carbonyl (C=O) groups excluding carboxylic acids is 1. The monoisotopic (exact) mass is 395 g/mol. The summed E-state index contributed by atoms with van der Waals surface area (Å²) in [5.74, 6) is -0.0579. The standard InChI is InChI=1S/C20H25N7O2/c1-3-5-16-15(11-21-13-22-16)20(29)26-8-4-9-27-14(12-26)10-17(24-27)19(28)18-6-7-23-25(18)2/h6-7,10-11,13,19,28H,3-5,8-9,12H2,1-2H3/t19-/m1/s1. The van der Waals surface area contributed by atoms with Crippen molar-refractivity contribution in [1.82, 2.24) is 34.4 Å². The molecule has 0 aromatic carbocycles. The van der Waals surface area contributed by atoms with E-state index in [-0.39, 0.29) is 5.91 Å². The van der Waals surface area contributed by atoms with Crippen molar-refractivity contribution in [3.8, 4) is 0 Å². The molecule has 1 aliphatic heterocycles. The Morgan fingerprint density at radius 3 is 2.97 bits per heavy atom. The van der Waals surface area contributed by atoms with Gasteiger partial charge in [0, 0.05) is 32.5 Å². The van der Waals surface area contributed by atoms with Crippen LogP contribution < -0.4 is 0 Å². The van der Waals surface area contributed by atoms with Gasteiger partial charge in [-0.2, -0.15) is 10.2 Å². The Labute approximate surface area is 169 Å². The molecule has 9 heteroatoms. The Morgan fingerprint density at radius 1 is 1.34 bits per heavy atom. The zero-order valence-corrected chi connectivity index (χ0v) is 16.7. The SMILES string of the molecule is CCCc1ncncc1C(=O)N1CCCn2nc([C@@H](O)c3ccnn3C)cc2C1. The van der Waals surface area contributed by atoms with Crippen LogP contribution in [0.5, 0.6) is 0 Å². The molecular weight excluding hydrogens is 370 g/mol. The van der Waals surface area contributed by atoms with Gasteiger partial charge in [0.15, 0.2) is 0 Å². The van der Waals surface area contributed by atoms with Crippen LogP contribution in [0, 0.1) is 0 Å². The van der Waals surface area contributed by atoms with Gasteiger partial charge >= 0.3 is 0 Å². The summed E-state index contributed by atoms with van der Waals surface area (Å²) in [5.41, 5.74) is 3.50. The van der Waals surface area contributed by atoms with Gasteiger partial charge in [-0.3, -0.25) is 14.2 Å². The van der Waals surface area contributed by atoms with Crippen molar-refractivity contribution in [3.63, 3.8) is 0 Å². The van der Waals surface area contributed by atoms with Crippen molar-refractivity contribution in [2.75, 3.05) is 6.54 Å². The van der Waals surface area contributed by atoms with Gasteiger partial charge in [-0.05, 0) is 25.0 Å². The number of fused-ring (bicyclic) bond motifs is 1. The zero-order valence-electron chi connectivity index (χ0n) is 16.7. The number of hydrogen-bond donors (Lipinski definition) is 1. The number of rotatable bonds is 5. The Kier molecular flexibility index (Phi) is 5.39. The first-order valence-corrected chi connectivity index (χ1v) is 9.89. The predicted molar refractivity (Wildman–Crippen MR) is 105 cm³/mol. The number of hydrogen-bond acceptors (Lipinski definition) is 6. The van der Waals surface area contributed by atoms with Crippen LogP contribution in [0.15, 0.2) is 30.9 Å². The van der Waals surface area contributed by atoms with Crippen molar-refractivity contribution < 1.29 is 9.90 Å². The minimum absolute atomic E-state index is 0.0579. The minimum Gasteiger partial charge on any atom is -0.380 e. The molecule has 0 unspecified atom stereocenters. The summed E-state index contributed by atoms with van der Waals surface area (Å²) in [7, 11) is 1.79. The fourth-order valence-corrected chi connectivity index (χ4v) is 3.74. The van der Waals surface area contributed by atoms with Crippen LogP contribution >= 0.6 is 0 Å². The fraction of sp³-hybridized carbons (Fsp3) is 0.450. The van der Waals surface area contributed by atoms with Crippen molar-refractivity contribution in [2.24, 2.45) is 7.05 Å². The quantitative estimate of drug-likeness (QED) is 0.702. The molecular formula is C20H25N7O2. The minimum atomic E-state index is -0.857. The molecule has 9 nitrogen and oxygen atoms in total. The fourth-order valence-electron chi connectivity index (χ4n) is 3.74. The largest absolute Gasteiger partial charge is 0.380 e. The molecule has 1 amide bonds. The summed E-state index contributed by atoms with van der Waals surface area (Å²) in [6.45, 7) is 3.84. The highest BCUT2D eigenvalue weighted by atomic mass is 16.3. The van der Waals surface area contributed by atoms with Gasteiger partial charge in [-0.15, -0.1) is 0 Å². The van der Waals surface area contributed by atoms with Crippen LogP contribution in [0.1, 0.15) is 59.0 Å². The summed E-state index contributed by atoms with van der Waals surface area (Å²) >= 11 is 0. The van der Waals surface area contributed by atoms with Crippen molar-refractivity contribution in [3.05, 3.63) is 59.2 Å². The zero-order chi connectivity index (χ0) is 20.4. The highest BCUT2D eigenvalue weighted by molar-refractivity contribution is 5.95. The molecule has 1 atom stereocenters. The number of aromatic nitrogens is 6. The molecule has 0 radical (unpaired) electrons. The first-order valence-electron chi connectivity index (χ1n) is 9.89. The smallest absolute Gasteiger partial charge is 0.257 e. The van der Waals surface area contributed by atoms with Crippen molar-refractivity contribution in [2.45, 2.75) is 45.4 Å². The Morgan fingerprint density at radius 2 is 2.21 bits per heavy atom. The number of nitrogens with zero attached hydrogens (tertiary/aromatic N) is 7. The van der Waals surface area contributed by atoms with E-state index in [2.05, 4.69) is 27.1 Å². The predicted octanol–water partition coefficient (Wildman–Crippen LogP) is 1.49. The molecule has 0 saturated carbocycles. The Hall–Kier alpha value is -3.07. The third kappa shape index (κ3) is 3.77. The molecule has 3 aromatic heterocycles. The maximum atomic E-state index is 13.2. The average molecular weight is 395 g/mol. The number of amides is 1. The molecule has 0 spiro atoms. The lowest BCUT2D eigenvalue weighted by atomic mass is 10.1. The van der Waals surface area contributed by atoms with Gasteiger partial charge < -0.3 is 10.0 Å². The molecule has 152 valence electrons. The van der Waals surface area contributed by atoms with E-state index >= 15 is 0 Å². The van der Waals surface area contributed by atoms with E-state index < -0.39 is 6.10 Å². The molecule has 3 aromatic rings. The van der Waals surface area contributed by atoms with Gasteiger partial charge in [-0.25, -0.2) is 9.97 Å². The van der Waals surface area contributed by atoms with Crippen LogP contribution in [0.4, 0.5) is 0 Å². The van der Waals surface area contributed by atoms with Crippen LogP contribution in [0.2, 0.25) is 0 Å². The average Bonchev–Trinajstić information content (AvgIpc) is 3.28. The van der Waals surface area contributed by atoms with Gasteiger partial charge in [0.2, 0.25) is 0 Å². The number of aliphatic hydroxyl groups excluding tert-OH is 1. The molecule has 1 aliphatic rings.